The van der Waals surface area contributed by atoms with Crippen molar-refractivity contribution in [1.82, 2.24) is 4.98 Å². The molecule has 128 valence electrons. The highest BCUT2D eigenvalue weighted by molar-refractivity contribution is 7.94. The van der Waals surface area contributed by atoms with Crippen LogP contribution < -0.4 is 11.5 Å². The number of rotatable bonds is 6. The maximum Gasteiger partial charge on any atom is 0.296 e. The Balaban J connectivity index is 2.43. The number of aromatic nitrogens is 1. The van der Waals surface area contributed by atoms with Crippen molar-refractivity contribution in [3.05, 3.63) is 30.3 Å². The van der Waals surface area contributed by atoms with Gasteiger partial charge in [0, 0.05) is 4.90 Å². The molecule has 11 nitrogen and oxygen atoms in total. The molecule has 0 spiro atoms. The Labute approximate surface area is 140 Å². The van der Waals surface area contributed by atoms with Crippen molar-refractivity contribution in [3.63, 3.8) is 0 Å². The van der Waals surface area contributed by atoms with Crippen LogP contribution in [0.25, 0.3) is 0 Å². The normalized spacial score (nSPS) is 11.9. The molecule has 2 aromatic rings. The third-order valence-electron chi connectivity index (χ3n) is 2.56. The van der Waals surface area contributed by atoms with Gasteiger partial charge in [-0.1, -0.05) is 5.04 Å². The van der Waals surface area contributed by atoms with Crippen molar-refractivity contribution in [2.45, 2.75) is 9.79 Å². The van der Waals surface area contributed by atoms with E-state index in [1.165, 1.54) is 24.3 Å². The summed E-state index contributed by atoms with van der Waals surface area (Å²) in [6, 6.07) is 6.49. The van der Waals surface area contributed by atoms with E-state index in [0.29, 0.717) is 16.9 Å². The molecule has 0 amide bonds. The van der Waals surface area contributed by atoms with E-state index in [2.05, 4.69) is 24.6 Å². The molecule has 0 atom stereocenters. The van der Waals surface area contributed by atoms with Gasteiger partial charge < -0.3 is 11.5 Å². The summed E-state index contributed by atoms with van der Waals surface area (Å²) < 4.78 is 36.3. The van der Waals surface area contributed by atoms with Crippen molar-refractivity contribution in [3.8, 4) is 0 Å². The van der Waals surface area contributed by atoms with Gasteiger partial charge in [-0.2, -0.15) is 8.42 Å². The molecule has 13 heteroatoms. The molecule has 1 heterocycles. The van der Waals surface area contributed by atoms with Crippen molar-refractivity contribution >= 4 is 45.2 Å². The molecule has 24 heavy (non-hydrogen) atoms. The summed E-state index contributed by atoms with van der Waals surface area (Å²) in [5.41, 5.74) is 11.0. The minimum Gasteiger partial charge on any atom is -0.384 e. The predicted molar refractivity (Wildman–Crippen MR) is 84.2 cm³/mol. The van der Waals surface area contributed by atoms with Crippen LogP contribution in [-0.2, 0) is 19.5 Å². The highest BCUT2D eigenvalue weighted by Gasteiger charge is 2.17. The molecule has 6 N–H and O–H groups in total. The first-order chi connectivity index (χ1) is 11.3. The molecule has 0 unspecified atom stereocenters. The minimum absolute atomic E-state index is 0.00491. The quantitative estimate of drug-likeness (QED) is 0.193. The molecule has 0 saturated heterocycles. The topological polar surface area (TPSA) is 183 Å². The van der Waals surface area contributed by atoms with Crippen LogP contribution in [0.4, 0.5) is 23.0 Å². The van der Waals surface area contributed by atoms with Gasteiger partial charge >= 0.3 is 0 Å². The molecular formula is C11H11N5O6S2. The fourth-order valence-corrected chi connectivity index (χ4v) is 2.57. The first-order valence-corrected chi connectivity index (χ1v) is 8.19. The van der Waals surface area contributed by atoms with Gasteiger partial charge in [-0.05, 0) is 30.3 Å². The molecule has 0 aliphatic rings. The van der Waals surface area contributed by atoms with Crippen molar-refractivity contribution in [1.29, 1.82) is 0 Å². The van der Waals surface area contributed by atoms with Gasteiger partial charge in [-0.15, -0.1) is 14.6 Å². The van der Waals surface area contributed by atoms with E-state index in [0.717, 1.165) is 6.07 Å². The summed E-state index contributed by atoms with van der Waals surface area (Å²) in [7, 11) is -4.54. The number of nitrogen functional groups attached to an aromatic ring is 2. The predicted octanol–water partition coefficient (Wildman–Crippen LogP) is 2.34. The Bertz CT molecular complexity index is 873. The number of nitrogens with two attached hydrogens (primary N) is 2. The molecule has 1 aromatic carbocycles. The highest BCUT2D eigenvalue weighted by atomic mass is 32.2. The second-order valence-corrected chi connectivity index (χ2v) is 6.34. The number of pyridine rings is 1. The van der Waals surface area contributed by atoms with Gasteiger partial charge in [-0.25, -0.2) is 10.2 Å². The largest absolute Gasteiger partial charge is 0.384 e. The summed E-state index contributed by atoms with van der Waals surface area (Å²) in [6.45, 7) is 0. The number of benzene rings is 1. The second-order valence-electron chi connectivity index (χ2n) is 4.17. The zero-order valence-corrected chi connectivity index (χ0v) is 13.4. The molecule has 0 bridgehead atoms. The van der Waals surface area contributed by atoms with Gasteiger partial charge in [-0.3, -0.25) is 4.55 Å². The molecule has 0 aliphatic carbocycles. The molecule has 0 radical (unpaired) electrons. The van der Waals surface area contributed by atoms with Crippen LogP contribution in [0.3, 0.4) is 0 Å². The average Bonchev–Trinajstić information content (AvgIpc) is 2.51. The number of nitrogens with zero attached hydrogens (tertiary/aromatic N) is 3. The smallest absolute Gasteiger partial charge is 0.296 e. The third kappa shape index (κ3) is 4.60. The Morgan fingerprint density at radius 1 is 1.12 bits per heavy atom. The van der Waals surface area contributed by atoms with Crippen LogP contribution in [-0.4, -0.2) is 23.2 Å². The van der Waals surface area contributed by atoms with Gasteiger partial charge in [0.1, 0.15) is 22.1 Å². The monoisotopic (exact) mass is 373 g/mol. The fourth-order valence-electron chi connectivity index (χ4n) is 1.58. The average molecular weight is 373 g/mol. The summed E-state index contributed by atoms with van der Waals surface area (Å²) in [5.74, 6) is 0.180. The first kappa shape index (κ1) is 18.1. The van der Waals surface area contributed by atoms with E-state index in [1.807, 2.05) is 0 Å². The van der Waals surface area contributed by atoms with Gasteiger partial charge in [0.2, 0.25) is 0 Å². The maximum absolute atomic E-state index is 11.4. The SMILES string of the molecule is Nc1ccc(N=Nc2cc(SOOO)ccc2S(=O)(=O)O)c(N)n1. The molecular weight excluding hydrogens is 362 g/mol. The van der Waals surface area contributed by atoms with E-state index >= 15 is 0 Å². The molecule has 0 aliphatic heterocycles. The fraction of sp³-hybridized carbons (Fsp3) is 0. The van der Waals surface area contributed by atoms with Crippen molar-refractivity contribution < 1.29 is 27.6 Å². The van der Waals surface area contributed by atoms with Crippen LogP contribution in [0.15, 0.2) is 50.4 Å². The van der Waals surface area contributed by atoms with Gasteiger partial charge in [0.05, 0.1) is 12.0 Å². The molecule has 2 rings (SSSR count). The number of anilines is 2. The summed E-state index contributed by atoms with van der Waals surface area (Å²) in [5, 5.41) is 19.1. The van der Waals surface area contributed by atoms with E-state index in [4.69, 9.17) is 16.7 Å². The zero-order chi connectivity index (χ0) is 17.7. The van der Waals surface area contributed by atoms with Gasteiger partial charge in [0.25, 0.3) is 10.1 Å². The van der Waals surface area contributed by atoms with Crippen molar-refractivity contribution in [2.24, 2.45) is 10.2 Å². The zero-order valence-electron chi connectivity index (χ0n) is 11.7. The Morgan fingerprint density at radius 2 is 1.83 bits per heavy atom. The van der Waals surface area contributed by atoms with E-state index in [1.54, 1.807) is 0 Å². The minimum atomic E-state index is -4.54. The number of hydrogen-bond donors (Lipinski definition) is 4. The van der Waals surface area contributed by atoms with E-state index in [-0.39, 0.29) is 23.0 Å². The summed E-state index contributed by atoms with van der Waals surface area (Å²) >= 11 is 0.577. The Hall–Kier alpha value is -2.29. The summed E-state index contributed by atoms with van der Waals surface area (Å²) in [4.78, 5) is 3.61. The second kappa shape index (κ2) is 7.52. The van der Waals surface area contributed by atoms with Crippen LogP contribution in [0.2, 0.25) is 0 Å². The molecule has 1 aromatic heterocycles. The Morgan fingerprint density at radius 3 is 2.46 bits per heavy atom. The van der Waals surface area contributed by atoms with Crippen molar-refractivity contribution in [2.75, 3.05) is 11.5 Å². The lowest BCUT2D eigenvalue weighted by Gasteiger charge is -2.04. The van der Waals surface area contributed by atoms with Crippen LogP contribution >= 0.6 is 12.0 Å². The lowest BCUT2D eigenvalue weighted by atomic mass is 10.3. The summed E-state index contributed by atoms with van der Waals surface area (Å²) in [6.07, 6.45) is 0. The first-order valence-electron chi connectivity index (χ1n) is 6.01. The van der Waals surface area contributed by atoms with Crippen LogP contribution in [0, 0.1) is 0 Å². The third-order valence-corrected chi connectivity index (χ3v) is 4.03. The lowest BCUT2D eigenvalue weighted by molar-refractivity contribution is -0.432. The number of azo groups is 1. The Kier molecular flexibility index (Phi) is 5.66. The van der Waals surface area contributed by atoms with Gasteiger partial charge in [0.15, 0.2) is 5.82 Å². The van der Waals surface area contributed by atoms with E-state index < -0.39 is 15.0 Å². The molecule has 0 fully saturated rings. The van der Waals surface area contributed by atoms with E-state index in [9.17, 15) is 13.0 Å². The van der Waals surface area contributed by atoms with Crippen LogP contribution in [0.5, 0.6) is 0 Å². The molecule has 0 saturated carbocycles. The lowest BCUT2D eigenvalue weighted by Crippen LogP contribution is -1.98. The highest BCUT2D eigenvalue weighted by Crippen LogP contribution is 2.32. The number of hydrogen-bond acceptors (Lipinski definition) is 11. The van der Waals surface area contributed by atoms with Crippen LogP contribution in [0.1, 0.15) is 0 Å². The standard InChI is InChI=1S/C11H11N5O6S2/c12-10-4-2-7(11(13)14-10)15-16-8-5-6(23-22-21-17)1-3-9(8)24(18,19)20/h1-5,17H,(H4,12,13,14)(H,18,19,20). The maximum atomic E-state index is 11.4.